The SMILES string of the molecule is Cc1ccsc1CCNC1=NCCN1C. The molecule has 2 rings (SSSR count). The van der Waals surface area contributed by atoms with Gasteiger partial charge in [-0.1, -0.05) is 0 Å². The monoisotopic (exact) mass is 223 g/mol. The van der Waals surface area contributed by atoms with Crippen LogP contribution in [0.15, 0.2) is 16.4 Å². The summed E-state index contributed by atoms with van der Waals surface area (Å²) in [6, 6.07) is 2.18. The van der Waals surface area contributed by atoms with Crippen molar-refractivity contribution in [1.82, 2.24) is 10.2 Å². The Morgan fingerprint density at radius 2 is 2.47 bits per heavy atom. The predicted octanol–water partition coefficient (Wildman–Crippen LogP) is 1.49. The molecule has 0 aromatic carbocycles. The first-order chi connectivity index (χ1) is 7.27. The average Bonchev–Trinajstić information content (AvgIpc) is 2.78. The summed E-state index contributed by atoms with van der Waals surface area (Å²) in [6.07, 6.45) is 1.09. The van der Waals surface area contributed by atoms with Crippen LogP contribution in [0.25, 0.3) is 0 Å². The zero-order chi connectivity index (χ0) is 10.7. The molecule has 1 aromatic heterocycles. The fourth-order valence-electron chi connectivity index (χ4n) is 1.67. The summed E-state index contributed by atoms with van der Waals surface area (Å²) in [6.45, 7) is 5.12. The van der Waals surface area contributed by atoms with Gasteiger partial charge in [0, 0.05) is 25.0 Å². The van der Waals surface area contributed by atoms with Crippen molar-refractivity contribution in [3.05, 3.63) is 21.9 Å². The molecule has 0 aliphatic carbocycles. The molecule has 1 aliphatic rings. The molecule has 82 valence electrons. The van der Waals surface area contributed by atoms with Gasteiger partial charge in [0.05, 0.1) is 6.54 Å². The number of guanidine groups is 1. The fourth-order valence-corrected chi connectivity index (χ4v) is 2.58. The molecule has 3 nitrogen and oxygen atoms in total. The highest BCUT2D eigenvalue weighted by Gasteiger charge is 2.11. The molecule has 0 bridgehead atoms. The Hall–Kier alpha value is -1.03. The van der Waals surface area contributed by atoms with Crippen LogP contribution in [-0.4, -0.2) is 37.5 Å². The second-order valence-corrected chi connectivity index (χ2v) is 4.83. The Bertz CT molecular complexity index is 356. The third-order valence-corrected chi connectivity index (χ3v) is 3.74. The smallest absolute Gasteiger partial charge is 0.193 e. The van der Waals surface area contributed by atoms with Crippen molar-refractivity contribution in [2.45, 2.75) is 13.3 Å². The van der Waals surface area contributed by atoms with E-state index >= 15 is 0 Å². The second kappa shape index (κ2) is 4.66. The van der Waals surface area contributed by atoms with Gasteiger partial charge in [0.2, 0.25) is 0 Å². The van der Waals surface area contributed by atoms with Crippen LogP contribution in [0.4, 0.5) is 0 Å². The number of hydrogen-bond donors (Lipinski definition) is 1. The first-order valence-corrected chi connectivity index (χ1v) is 6.18. The Kier molecular flexibility index (Phi) is 3.26. The van der Waals surface area contributed by atoms with E-state index in [0.29, 0.717) is 0 Å². The molecule has 0 spiro atoms. The van der Waals surface area contributed by atoms with Gasteiger partial charge in [-0.2, -0.15) is 0 Å². The maximum absolute atomic E-state index is 4.39. The molecular formula is C11H17N3S. The second-order valence-electron chi connectivity index (χ2n) is 3.83. The number of rotatable bonds is 3. The van der Waals surface area contributed by atoms with Crippen molar-refractivity contribution in [3.8, 4) is 0 Å². The zero-order valence-corrected chi connectivity index (χ0v) is 10.1. The van der Waals surface area contributed by atoms with Crippen LogP contribution in [0, 0.1) is 6.92 Å². The highest BCUT2D eigenvalue weighted by Crippen LogP contribution is 2.15. The third-order valence-electron chi connectivity index (χ3n) is 2.66. The van der Waals surface area contributed by atoms with E-state index in [-0.39, 0.29) is 0 Å². The van der Waals surface area contributed by atoms with E-state index < -0.39 is 0 Å². The number of hydrogen-bond acceptors (Lipinski definition) is 4. The summed E-state index contributed by atoms with van der Waals surface area (Å²) in [5, 5.41) is 5.54. The van der Waals surface area contributed by atoms with E-state index in [1.165, 1.54) is 10.4 Å². The van der Waals surface area contributed by atoms with Crippen molar-refractivity contribution in [1.29, 1.82) is 0 Å². The summed E-state index contributed by atoms with van der Waals surface area (Å²) < 4.78 is 0. The normalized spacial score (nSPS) is 15.6. The van der Waals surface area contributed by atoms with Crippen LogP contribution in [0.3, 0.4) is 0 Å². The van der Waals surface area contributed by atoms with Crippen LogP contribution < -0.4 is 5.32 Å². The van der Waals surface area contributed by atoms with Crippen molar-refractivity contribution < 1.29 is 0 Å². The molecule has 1 aromatic rings. The predicted molar refractivity (Wildman–Crippen MR) is 65.7 cm³/mol. The van der Waals surface area contributed by atoms with Crippen molar-refractivity contribution in [2.24, 2.45) is 4.99 Å². The molecule has 0 radical (unpaired) electrons. The third kappa shape index (κ3) is 2.50. The van der Waals surface area contributed by atoms with Gasteiger partial charge < -0.3 is 10.2 Å². The molecular weight excluding hydrogens is 206 g/mol. The molecule has 0 amide bonds. The van der Waals surface area contributed by atoms with E-state index in [9.17, 15) is 0 Å². The van der Waals surface area contributed by atoms with E-state index in [0.717, 1.165) is 32.0 Å². The van der Waals surface area contributed by atoms with Gasteiger partial charge in [0.1, 0.15) is 0 Å². The summed E-state index contributed by atoms with van der Waals surface area (Å²) in [7, 11) is 2.08. The van der Waals surface area contributed by atoms with Crippen LogP contribution in [0.1, 0.15) is 10.4 Å². The number of aliphatic imine (C=N–C) groups is 1. The van der Waals surface area contributed by atoms with Gasteiger partial charge in [-0.3, -0.25) is 4.99 Å². The van der Waals surface area contributed by atoms with E-state index in [1.807, 2.05) is 11.3 Å². The van der Waals surface area contributed by atoms with Gasteiger partial charge in [-0.25, -0.2) is 0 Å². The molecule has 0 atom stereocenters. The van der Waals surface area contributed by atoms with Gasteiger partial charge in [-0.05, 0) is 30.4 Å². The summed E-state index contributed by atoms with van der Waals surface area (Å²) >= 11 is 1.84. The number of nitrogens with zero attached hydrogens (tertiary/aromatic N) is 2. The largest absolute Gasteiger partial charge is 0.356 e. The van der Waals surface area contributed by atoms with Crippen molar-refractivity contribution in [2.75, 3.05) is 26.7 Å². The van der Waals surface area contributed by atoms with Crippen LogP contribution in [0.5, 0.6) is 0 Å². The van der Waals surface area contributed by atoms with E-state index in [2.05, 4.69) is 40.6 Å². The zero-order valence-electron chi connectivity index (χ0n) is 9.29. The molecule has 0 fully saturated rings. The molecule has 1 N–H and O–H groups in total. The molecule has 1 aliphatic heterocycles. The Balaban J connectivity index is 1.78. The maximum atomic E-state index is 4.39. The topological polar surface area (TPSA) is 27.6 Å². The number of nitrogens with one attached hydrogen (secondary N) is 1. The first kappa shape index (κ1) is 10.5. The Morgan fingerprint density at radius 3 is 3.07 bits per heavy atom. The van der Waals surface area contributed by atoms with Crippen LogP contribution in [-0.2, 0) is 6.42 Å². The summed E-state index contributed by atoms with van der Waals surface area (Å²) in [4.78, 5) is 8.04. The van der Waals surface area contributed by atoms with Gasteiger partial charge in [-0.15, -0.1) is 11.3 Å². The molecule has 0 unspecified atom stereocenters. The minimum Gasteiger partial charge on any atom is -0.356 e. The molecule has 0 saturated heterocycles. The van der Waals surface area contributed by atoms with Gasteiger partial charge in [0.15, 0.2) is 5.96 Å². The quantitative estimate of drug-likeness (QED) is 0.840. The number of likely N-dealkylation sites (N-methyl/N-ethyl adjacent to an activating group) is 1. The summed E-state index contributed by atoms with van der Waals surface area (Å²) in [5.41, 5.74) is 1.41. The molecule has 15 heavy (non-hydrogen) atoms. The van der Waals surface area contributed by atoms with E-state index in [1.54, 1.807) is 0 Å². The fraction of sp³-hybridized carbons (Fsp3) is 0.545. The molecule has 4 heteroatoms. The number of thiophene rings is 1. The Morgan fingerprint density at radius 1 is 1.60 bits per heavy atom. The maximum Gasteiger partial charge on any atom is 0.193 e. The Labute approximate surface area is 94.8 Å². The highest BCUT2D eigenvalue weighted by molar-refractivity contribution is 7.10. The van der Waals surface area contributed by atoms with Crippen molar-refractivity contribution in [3.63, 3.8) is 0 Å². The van der Waals surface area contributed by atoms with Gasteiger partial charge >= 0.3 is 0 Å². The lowest BCUT2D eigenvalue weighted by Crippen LogP contribution is -2.36. The minimum absolute atomic E-state index is 0.927. The van der Waals surface area contributed by atoms with E-state index in [4.69, 9.17) is 0 Å². The summed E-state index contributed by atoms with van der Waals surface area (Å²) in [5.74, 6) is 1.05. The lowest BCUT2D eigenvalue weighted by molar-refractivity contribution is 0.534. The van der Waals surface area contributed by atoms with Crippen LogP contribution in [0.2, 0.25) is 0 Å². The minimum atomic E-state index is 0.927. The standard InChI is InChI=1S/C11H17N3S/c1-9-4-8-15-10(9)3-5-12-11-13-6-7-14(11)2/h4,8H,3,5-7H2,1-2H3,(H,12,13). The average molecular weight is 223 g/mol. The van der Waals surface area contributed by atoms with Crippen molar-refractivity contribution >= 4 is 17.3 Å². The first-order valence-electron chi connectivity index (χ1n) is 5.30. The van der Waals surface area contributed by atoms with Gasteiger partial charge in [0.25, 0.3) is 0 Å². The molecule has 0 saturated carbocycles. The lowest BCUT2D eigenvalue weighted by Gasteiger charge is -2.14. The highest BCUT2D eigenvalue weighted by atomic mass is 32.1. The molecule has 2 heterocycles. The van der Waals surface area contributed by atoms with Crippen LogP contribution >= 0.6 is 11.3 Å². The number of aryl methyl sites for hydroxylation is 1. The lowest BCUT2D eigenvalue weighted by atomic mass is 10.2.